The Kier molecular flexibility index (Phi) is 7.07. The number of amides is 1. The van der Waals surface area contributed by atoms with Gasteiger partial charge >= 0.3 is 6.09 Å². The van der Waals surface area contributed by atoms with Crippen LogP contribution in [0.2, 0.25) is 0 Å². The van der Waals surface area contributed by atoms with Gasteiger partial charge in [0.05, 0.1) is 6.61 Å². The number of aliphatic hydroxyl groups excluding tert-OH is 1. The maximum absolute atomic E-state index is 11.9. The van der Waals surface area contributed by atoms with Crippen molar-refractivity contribution in [2.75, 3.05) is 13.2 Å². The number of nitrogens with one attached hydrogen (secondary N) is 1. The van der Waals surface area contributed by atoms with Gasteiger partial charge in [-0.05, 0) is 46.1 Å². The standard InChI is InChI=1S/C19H31NO3/c1-6-10-19(14-21,12-16-9-7-8-15(2)11-16)13-20-17(22)23-18(3,4)5/h7-9,11,21H,6,10,12-14H2,1-5H3,(H,20,22). The van der Waals surface area contributed by atoms with Crippen molar-refractivity contribution >= 4 is 6.09 Å². The number of rotatable bonds is 7. The Hall–Kier alpha value is -1.55. The lowest BCUT2D eigenvalue weighted by Gasteiger charge is -2.32. The Morgan fingerprint density at radius 3 is 2.52 bits per heavy atom. The smallest absolute Gasteiger partial charge is 0.407 e. The third kappa shape index (κ3) is 7.04. The van der Waals surface area contributed by atoms with E-state index in [1.54, 1.807) is 0 Å². The summed E-state index contributed by atoms with van der Waals surface area (Å²) in [5.41, 5.74) is 1.50. The van der Waals surface area contributed by atoms with Gasteiger partial charge in [-0.15, -0.1) is 0 Å². The molecule has 0 spiro atoms. The summed E-state index contributed by atoms with van der Waals surface area (Å²) in [7, 11) is 0. The van der Waals surface area contributed by atoms with Crippen molar-refractivity contribution in [3.63, 3.8) is 0 Å². The lowest BCUT2D eigenvalue weighted by Crippen LogP contribution is -2.43. The molecule has 1 unspecified atom stereocenters. The van der Waals surface area contributed by atoms with Gasteiger partial charge in [-0.3, -0.25) is 0 Å². The summed E-state index contributed by atoms with van der Waals surface area (Å²) in [4.78, 5) is 11.9. The number of benzene rings is 1. The molecule has 0 saturated carbocycles. The SMILES string of the molecule is CCCC(CO)(CNC(=O)OC(C)(C)C)Cc1cccc(C)c1. The van der Waals surface area contributed by atoms with E-state index in [9.17, 15) is 9.90 Å². The Morgan fingerprint density at radius 2 is 2.00 bits per heavy atom. The zero-order valence-corrected chi connectivity index (χ0v) is 15.1. The Morgan fingerprint density at radius 1 is 1.30 bits per heavy atom. The number of aliphatic hydroxyl groups is 1. The minimum atomic E-state index is -0.521. The van der Waals surface area contributed by atoms with Crippen LogP contribution < -0.4 is 5.32 Å². The van der Waals surface area contributed by atoms with E-state index in [1.165, 1.54) is 11.1 Å². The number of carbonyl (C=O) groups excluding carboxylic acids is 1. The van der Waals surface area contributed by atoms with Gasteiger partial charge in [-0.2, -0.15) is 0 Å². The summed E-state index contributed by atoms with van der Waals surface area (Å²) >= 11 is 0. The van der Waals surface area contributed by atoms with E-state index in [0.29, 0.717) is 6.54 Å². The molecule has 2 N–H and O–H groups in total. The second-order valence-corrected chi connectivity index (χ2v) is 7.43. The van der Waals surface area contributed by atoms with Gasteiger partial charge in [0.1, 0.15) is 5.60 Å². The molecular weight excluding hydrogens is 290 g/mol. The highest BCUT2D eigenvalue weighted by molar-refractivity contribution is 5.67. The highest BCUT2D eigenvalue weighted by Gasteiger charge is 2.30. The number of hydrogen-bond donors (Lipinski definition) is 2. The van der Waals surface area contributed by atoms with Crippen LogP contribution in [0.15, 0.2) is 24.3 Å². The summed E-state index contributed by atoms with van der Waals surface area (Å²) in [6, 6.07) is 8.29. The summed E-state index contributed by atoms with van der Waals surface area (Å²) < 4.78 is 5.29. The van der Waals surface area contributed by atoms with Gasteiger partial charge in [-0.25, -0.2) is 4.79 Å². The van der Waals surface area contributed by atoms with Gasteiger partial charge < -0.3 is 15.2 Å². The molecule has 0 saturated heterocycles. The normalized spacial score (nSPS) is 14.2. The highest BCUT2D eigenvalue weighted by atomic mass is 16.6. The summed E-state index contributed by atoms with van der Waals surface area (Å²) in [5, 5.41) is 12.8. The third-order valence-electron chi connectivity index (χ3n) is 3.78. The number of alkyl carbamates (subject to hydrolysis) is 1. The van der Waals surface area contributed by atoms with E-state index in [0.717, 1.165) is 19.3 Å². The molecule has 0 bridgehead atoms. The van der Waals surface area contributed by atoms with E-state index in [-0.39, 0.29) is 12.0 Å². The topological polar surface area (TPSA) is 58.6 Å². The summed E-state index contributed by atoms with van der Waals surface area (Å²) in [6.45, 7) is 10.1. The molecule has 0 radical (unpaired) electrons. The quantitative estimate of drug-likeness (QED) is 0.802. The van der Waals surface area contributed by atoms with Crippen LogP contribution in [0.4, 0.5) is 4.79 Å². The average Bonchev–Trinajstić information content (AvgIpc) is 2.43. The largest absolute Gasteiger partial charge is 0.444 e. The molecular formula is C19H31NO3. The molecule has 1 amide bonds. The molecule has 0 aliphatic heterocycles. The molecule has 130 valence electrons. The Balaban J connectivity index is 2.79. The summed E-state index contributed by atoms with van der Waals surface area (Å²) in [6.07, 6.45) is 2.08. The van der Waals surface area contributed by atoms with Crippen LogP contribution in [-0.2, 0) is 11.2 Å². The minimum Gasteiger partial charge on any atom is -0.444 e. The lowest BCUT2D eigenvalue weighted by molar-refractivity contribution is 0.0455. The van der Waals surface area contributed by atoms with Gasteiger partial charge in [0, 0.05) is 12.0 Å². The highest BCUT2D eigenvalue weighted by Crippen LogP contribution is 2.28. The fourth-order valence-electron chi connectivity index (χ4n) is 2.79. The van der Waals surface area contributed by atoms with Crippen molar-refractivity contribution in [2.24, 2.45) is 5.41 Å². The number of aryl methyl sites for hydroxylation is 1. The zero-order valence-electron chi connectivity index (χ0n) is 15.1. The van der Waals surface area contributed by atoms with Crippen molar-refractivity contribution < 1.29 is 14.6 Å². The van der Waals surface area contributed by atoms with Gasteiger partial charge in [-0.1, -0.05) is 43.2 Å². The first kappa shape index (κ1) is 19.5. The predicted molar refractivity (Wildman–Crippen MR) is 93.5 cm³/mol. The number of hydrogen-bond acceptors (Lipinski definition) is 3. The molecule has 0 fully saturated rings. The Labute approximate surface area is 140 Å². The van der Waals surface area contributed by atoms with E-state index in [2.05, 4.69) is 37.4 Å². The molecule has 0 aromatic heterocycles. The third-order valence-corrected chi connectivity index (χ3v) is 3.78. The van der Waals surface area contributed by atoms with E-state index < -0.39 is 11.7 Å². The molecule has 0 aliphatic rings. The van der Waals surface area contributed by atoms with Crippen molar-refractivity contribution in [3.05, 3.63) is 35.4 Å². The van der Waals surface area contributed by atoms with E-state index >= 15 is 0 Å². The first-order valence-electron chi connectivity index (χ1n) is 8.33. The molecule has 1 aromatic carbocycles. The number of carbonyl (C=O) groups is 1. The predicted octanol–water partition coefficient (Wildman–Crippen LogP) is 3.84. The fourth-order valence-corrected chi connectivity index (χ4v) is 2.79. The van der Waals surface area contributed by atoms with Crippen LogP contribution in [0, 0.1) is 12.3 Å². The van der Waals surface area contributed by atoms with Crippen LogP contribution in [0.1, 0.15) is 51.7 Å². The van der Waals surface area contributed by atoms with Crippen LogP contribution >= 0.6 is 0 Å². The maximum atomic E-state index is 11.9. The van der Waals surface area contributed by atoms with Crippen molar-refractivity contribution in [2.45, 2.75) is 59.5 Å². The minimum absolute atomic E-state index is 0.0323. The molecule has 1 aromatic rings. The first-order valence-corrected chi connectivity index (χ1v) is 8.33. The van der Waals surface area contributed by atoms with Crippen LogP contribution in [-0.4, -0.2) is 30.0 Å². The van der Waals surface area contributed by atoms with Crippen LogP contribution in [0.3, 0.4) is 0 Å². The summed E-state index contributed by atoms with van der Waals surface area (Å²) in [5.74, 6) is 0. The average molecular weight is 321 g/mol. The maximum Gasteiger partial charge on any atom is 0.407 e. The first-order chi connectivity index (χ1) is 10.7. The van der Waals surface area contributed by atoms with Gasteiger partial charge in [0.15, 0.2) is 0 Å². The van der Waals surface area contributed by atoms with Crippen LogP contribution in [0.5, 0.6) is 0 Å². The van der Waals surface area contributed by atoms with Crippen molar-refractivity contribution in [3.8, 4) is 0 Å². The fraction of sp³-hybridized carbons (Fsp3) is 0.632. The molecule has 4 nitrogen and oxygen atoms in total. The second kappa shape index (κ2) is 8.34. The number of ether oxygens (including phenoxy) is 1. The van der Waals surface area contributed by atoms with Crippen molar-refractivity contribution in [1.29, 1.82) is 0 Å². The van der Waals surface area contributed by atoms with Crippen LogP contribution in [0.25, 0.3) is 0 Å². The van der Waals surface area contributed by atoms with Gasteiger partial charge in [0.2, 0.25) is 0 Å². The second-order valence-electron chi connectivity index (χ2n) is 7.43. The molecule has 0 aliphatic carbocycles. The lowest BCUT2D eigenvalue weighted by atomic mass is 9.78. The van der Waals surface area contributed by atoms with E-state index in [1.807, 2.05) is 26.8 Å². The molecule has 0 heterocycles. The zero-order chi connectivity index (χ0) is 17.5. The molecule has 1 rings (SSSR count). The molecule has 1 atom stereocenters. The molecule has 4 heteroatoms. The molecule has 23 heavy (non-hydrogen) atoms. The van der Waals surface area contributed by atoms with E-state index in [4.69, 9.17) is 4.74 Å². The van der Waals surface area contributed by atoms with Gasteiger partial charge in [0.25, 0.3) is 0 Å². The van der Waals surface area contributed by atoms with Crippen molar-refractivity contribution in [1.82, 2.24) is 5.32 Å². The monoisotopic (exact) mass is 321 g/mol. The Bertz CT molecular complexity index is 508.